The Morgan fingerprint density at radius 2 is 1.83 bits per heavy atom. The zero-order valence-corrected chi connectivity index (χ0v) is 19.1. The standard InChI is InChI=1S/C22H10ClF4N5O3S/c23-22(26,27)20-28-29-21-31(20)30-19(15-7-3-12(24)9-16(15)25)18(36-21)10-14-6-8-17(35-14)11-1-4-13(5-2-11)32(33)34/h1-10H. The van der Waals surface area contributed by atoms with Crippen LogP contribution in [0.1, 0.15) is 17.1 Å². The molecule has 0 unspecified atom stereocenters. The van der Waals surface area contributed by atoms with Gasteiger partial charge in [-0.2, -0.15) is 18.6 Å². The lowest BCUT2D eigenvalue weighted by molar-refractivity contribution is -0.384. The molecule has 0 N–H and O–H groups in total. The third-order valence-electron chi connectivity index (χ3n) is 4.95. The Balaban J connectivity index is 1.58. The highest BCUT2D eigenvalue weighted by molar-refractivity contribution is 8.04. The van der Waals surface area contributed by atoms with Gasteiger partial charge < -0.3 is 4.42 Å². The molecule has 0 saturated carbocycles. The SMILES string of the molecule is O=[N+]([O-])c1ccc(-c2ccc(C=C3Sc4nnc(C(F)(F)Cl)n4N=C3c3ccc(F)cc3F)o2)cc1. The van der Waals surface area contributed by atoms with Crippen molar-refractivity contribution in [3.8, 4) is 11.3 Å². The Kier molecular flexibility index (Phi) is 5.88. The van der Waals surface area contributed by atoms with Crippen molar-refractivity contribution in [2.24, 2.45) is 5.10 Å². The van der Waals surface area contributed by atoms with E-state index in [1.54, 1.807) is 12.1 Å². The monoisotopic (exact) mass is 535 g/mol. The zero-order chi connectivity index (χ0) is 25.6. The third kappa shape index (κ3) is 4.50. The summed E-state index contributed by atoms with van der Waals surface area (Å²) in [4.78, 5) is 10.6. The number of aromatic nitrogens is 3. The number of fused-ring (bicyclic) bond motifs is 1. The summed E-state index contributed by atoms with van der Waals surface area (Å²) < 4.78 is 62.2. The van der Waals surface area contributed by atoms with Crippen LogP contribution in [0.4, 0.5) is 23.2 Å². The van der Waals surface area contributed by atoms with E-state index < -0.39 is 27.8 Å². The number of halogens is 5. The maximum atomic E-state index is 14.7. The van der Waals surface area contributed by atoms with Crippen molar-refractivity contribution in [3.63, 3.8) is 0 Å². The van der Waals surface area contributed by atoms with Gasteiger partial charge in [0.1, 0.15) is 28.9 Å². The molecule has 2 aromatic heterocycles. The molecule has 0 atom stereocenters. The highest BCUT2D eigenvalue weighted by Crippen LogP contribution is 2.40. The molecule has 0 saturated heterocycles. The Hall–Kier alpha value is -3.97. The van der Waals surface area contributed by atoms with Crippen LogP contribution in [0.5, 0.6) is 0 Å². The predicted octanol–water partition coefficient (Wildman–Crippen LogP) is 6.41. The molecule has 14 heteroatoms. The minimum absolute atomic E-state index is 0.0648. The van der Waals surface area contributed by atoms with Crippen LogP contribution in [0.15, 0.2) is 74.2 Å². The summed E-state index contributed by atoms with van der Waals surface area (Å²) in [5, 5.41) is 18.1. The molecule has 36 heavy (non-hydrogen) atoms. The molecule has 1 aliphatic heterocycles. The molecule has 182 valence electrons. The third-order valence-corrected chi connectivity index (χ3v) is 6.09. The molecule has 2 aromatic carbocycles. The van der Waals surface area contributed by atoms with Gasteiger partial charge in [-0.15, -0.1) is 10.2 Å². The van der Waals surface area contributed by atoms with Crippen molar-refractivity contribution in [1.82, 2.24) is 14.9 Å². The Labute approximate surface area is 208 Å². The fraction of sp³-hybridized carbons (Fsp3) is 0.0455. The summed E-state index contributed by atoms with van der Waals surface area (Å²) >= 11 is 5.96. The van der Waals surface area contributed by atoms with Crippen LogP contribution in [0.25, 0.3) is 17.4 Å². The highest BCUT2D eigenvalue weighted by Gasteiger charge is 2.38. The van der Waals surface area contributed by atoms with Crippen LogP contribution in [0, 0.1) is 21.7 Å². The molecule has 0 radical (unpaired) electrons. The average Bonchev–Trinajstić information content (AvgIpc) is 3.46. The fourth-order valence-corrected chi connectivity index (χ4v) is 4.35. The Morgan fingerprint density at radius 1 is 1.08 bits per heavy atom. The van der Waals surface area contributed by atoms with E-state index in [1.807, 2.05) is 0 Å². The average molecular weight is 536 g/mol. The molecule has 0 aliphatic carbocycles. The minimum atomic E-state index is -3.90. The van der Waals surface area contributed by atoms with Crippen LogP contribution >= 0.6 is 23.4 Å². The maximum Gasteiger partial charge on any atom is 0.383 e. The summed E-state index contributed by atoms with van der Waals surface area (Å²) in [6.07, 6.45) is 1.47. The maximum absolute atomic E-state index is 14.7. The molecule has 0 amide bonds. The summed E-state index contributed by atoms with van der Waals surface area (Å²) in [7, 11) is 0. The van der Waals surface area contributed by atoms with Gasteiger partial charge in [-0.3, -0.25) is 10.1 Å². The van der Waals surface area contributed by atoms with Crippen molar-refractivity contribution in [1.29, 1.82) is 0 Å². The number of benzene rings is 2. The molecule has 0 fully saturated rings. The van der Waals surface area contributed by atoms with Crippen molar-refractivity contribution < 1.29 is 26.9 Å². The summed E-state index contributed by atoms with van der Waals surface area (Å²) in [5.74, 6) is -2.11. The number of allylic oxidation sites excluding steroid dienone is 1. The van der Waals surface area contributed by atoms with E-state index >= 15 is 0 Å². The first kappa shape index (κ1) is 23.8. The number of nitro benzene ring substituents is 1. The number of nitro groups is 1. The predicted molar refractivity (Wildman–Crippen MR) is 123 cm³/mol. The van der Waals surface area contributed by atoms with Gasteiger partial charge in [0.25, 0.3) is 5.69 Å². The first-order valence-corrected chi connectivity index (χ1v) is 11.1. The van der Waals surface area contributed by atoms with Crippen molar-refractivity contribution in [3.05, 3.63) is 98.4 Å². The minimum Gasteiger partial charge on any atom is -0.457 e. The smallest absolute Gasteiger partial charge is 0.383 e. The van der Waals surface area contributed by atoms with E-state index in [2.05, 4.69) is 15.3 Å². The van der Waals surface area contributed by atoms with Crippen LogP contribution in [0.3, 0.4) is 0 Å². The lowest BCUT2D eigenvalue weighted by Crippen LogP contribution is -2.18. The first-order chi connectivity index (χ1) is 17.1. The molecule has 1 aliphatic rings. The number of hydrogen-bond acceptors (Lipinski definition) is 7. The quantitative estimate of drug-likeness (QED) is 0.127. The number of alkyl halides is 3. The summed E-state index contributed by atoms with van der Waals surface area (Å²) in [6.45, 7) is 0. The molecular weight excluding hydrogens is 526 g/mol. The number of thioether (sulfide) groups is 1. The summed E-state index contributed by atoms with van der Waals surface area (Å²) in [6, 6.07) is 11.6. The number of furan rings is 1. The molecular formula is C22H10ClF4N5O3S. The van der Waals surface area contributed by atoms with Gasteiger partial charge in [-0.25, -0.2) is 8.78 Å². The lowest BCUT2D eigenvalue weighted by Gasteiger charge is -2.18. The van der Waals surface area contributed by atoms with Crippen LogP contribution in [-0.4, -0.2) is 25.5 Å². The summed E-state index contributed by atoms with van der Waals surface area (Å²) in [5.41, 5.74) is 0.203. The number of rotatable bonds is 5. The molecule has 3 heterocycles. The topological polar surface area (TPSA) is 99.3 Å². The van der Waals surface area contributed by atoms with Gasteiger partial charge in [0.2, 0.25) is 11.0 Å². The van der Waals surface area contributed by atoms with E-state index in [4.69, 9.17) is 16.0 Å². The normalized spacial score (nSPS) is 14.6. The van der Waals surface area contributed by atoms with Gasteiger partial charge in [-0.1, -0.05) is 0 Å². The van der Waals surface area contributed by atoms with E-state index in [0.717, 1.165) is 23.9 Å². The second-order valence-electron chi connectivity index (χ2n) is 7.31. The van der Waals surface area contributed by atoms with E-state index in [1.165, 1.54) is 30.3 Å². The van der Waals surface area contributed by atoms with Crippen molar-refractivity contribution in [2.75, 3.05) is 0 Å². The molecule has 0 spiro atoms. The number of nitrogens with zero attached hydrogens (tertiary/aromatic N) is 5. The number of hydrogen-bond donors (Lipinski definition) is 0. The van der Waals surface area contributed by atoms with Gasteiger partial charge >= 0.3 is 5.38 Å². The largest absolute Gasteiger partial charge is 0.457 e. The molecule has 4 aromatic rings. The van der Waals surface area contributed by atoms with Crippen LogP contribution in [-0.2, 0) is 5.38 Å². The van der Waals surface area contributed by atoms with Crippen LogP contribution in [0.2, 0.25) is 0 Å². The zero-order valence-electron chi connectivity index (χ0n) is 17.5. The fourth-order valence-electron chi connectivity index (χ4n) is 3.32. The first-order valence-electron chi connectivity index (χ1n) is 9.92. The van der Waals surface area contributed by atoms with Crippen molar-refractivity contribution in [2.45, 2.75) is 10.5 Å². The second kappa shape index (κ2) is 8.91. The van der Waals surface area contributed by atoms with E-state index in [9.17, 15) is 27.7 Å². The molecule has 8 nitrogen and oxygen atoms in total. The Morgan fingerprint density at radius 3 is 2.50 bits per heavy atom. The second-order valence-corrected chi connectivity index (χ2v) is 8.79. The van der Waals surface area contributed by atoms with Crippen LogP contribution < -0.4 is 0 Å². The lowest BCUT2D eigenvalue weighted by atomic mass is 10.1. The van der Waals surface area contributed by atoms with Crippen molar-refractivity contribution >= 4 is 40.8 Å². The Bertz CT molecular complexity index is 1560. The van der Waals surface area contributed by atoms with E-state index in [-0.39, 0.29) is 32.8 Å². The van der Waals surface area contributed by atoms with E-state index in [0.29, 0.717) is 22.1 Å². The van der Waals surface area contributed by atoms with Gasteiger partial charge in [-0.05, 0) is 65.8 Å². The van der Waals surface area contributed by atoms with Gasteiger partial charge in [0.05, 0.1) is 4.92 Å². The molecule has 0 bridgehead atoms. The van der Waals surface area contributed by atoms with Gasteiger partial charge in [0.15, 0.2) is 0 Å². The number of non-ortho nitro benzene ring substituents is 1. The molecule has 5 rings (SSSR count). The van der Waals surface area contributed by atoms with Gasteiger partial charge in [0, 0.05) is 34.2 Å². The highest BCUT2D eigenvalue weighted by atomic mass is 35.5.